The zero-order chi connectivity index (χ0) is 13.7. The van der Waals surface area contributed by atoms with Crippen molar-refractivity contribution in [2.24, 2.45) is 0 Å². The summed E-state index contributed by atoms with van der Waals surface area (Å²) in [5.74, 6) is 0.830. The van der Waals surface area contributed by atoms with E-state index in [-0.39, 0.29) is 0 Å². The van der Waals surface area contributed by atoms with Crippen molar-refractivity contribution in [3.8, 4) is 5.75 Å². The Hall–Kier alpha value is -1.74. The lowest BCUT2D eigenvalue weighted by molar-refractivity contribution is 0.415. The Bertz CT molecular complexity index is 566. The molecule has 0 spiro atoms. The third-order valence-corrected chi connectivity index (χ3v) is 3.54. The molecule has 98 valence electrons. The molecule has 0 saturated carbocycles. The van der Waals surface area contributed by atoms with Crippen LogP contribution in [0.2, 0.25) is 0 Å². The van der Waals surface area contributed by atoms with Gasteiger partial charge in [0.05, 0.1) is 12.8 Å². The van der Waals surface area contributed by atoms with Gasteiger partial charge in [-0.1, -0.05) is 36.9 Å². The van der Waals surface area contributed by atoms with Crippen molar-refractivity contribution < 1.29 is 4.74 Å². The quantitative estimate of drug-likeness (QED) is 0.871. The van der Waals surface area contributed by atoms with Crippen molar-refractivity contribution in [3.63, 3.8) is 0 Å². The van der Waals surface area contributed by atoms with Gasteiger partial charge in [-0.05, 0) is 39.2 Å². The lowest BCUT2D eigenvalue weighted by Gasteiger charge is -2.12. The highest BCUT2D eigenvalue weighted by Crippen LogP contribution is 2.27. The summed E-state index contributed by atoms with van der Waals surface area (Å²) in [5.41, 5.74) is 3.20. The Morgan fingerprint density at radius 3 is 2.63 bits per heavy atom. The Kier molecular flexibility index (Phi) is 4.63. The van der Waals surface area contributed by atoms with E-state index in [9.17, 15) is 0 Å². The Morgan fingerprint density at radius 1 is 1.21 bits per heavy atom. The van der Waals surface area contributed by atoms with Crippen molar-refractivity contribution in [1.82, 2.24) is 0 Å². The van der Waals surface area contributed by atoms with Gasteiger partial charge in [-0.15, -0.1) is 0 Å². The predicted octanol–water partition coefficient (Wildman–Crippen LogP) is 4.58. The molecule has 0 fully saturated rings. The highest BCUT2D eigenvalue weighted by atomic mass is 79.9. The summed E-state index contributed by atoms with van der Waals surface area (Å²) in [6.07, 6.45) is 0. The van der Waals surface area contributed by atoms with Crippen LogP contribution < -0.4 is 10.1 Å². The summed E-state index contributed by atoms with van der Waals surface area (Å²) >= 11 is 3.52. The number of anilines is 1. The van der Waals surface area contributed by atoms with E-state index in [2.05, 4.69) is 40.0 Å². The van der Waals surface area contributed by atoms with Crippen LogP contribution in [-0.2, 0) is 0 Å². The SMILES string of the molecule is C=C(CNc1cc(OC)ccc1Br)c1ccccc1. The summed E-state index contributed by atoms with van der Waals surface area (Å²) in [6.45, 7) is 4.79. The number of benzene rings is 2. The molecule has 0 aromatic heterocycles. The van der Waals surface area contributed by atoms with Gasteiger partial charge in [-0.25, -0.2) is 0 Å². The summed E-state index contributed by atoms with van der Waals surface area (Å²) in [6, 6.07) is 16.0. The minimum absolute atomic E-state index is 0.690. The van der Waals surface area contributed by atoms with E-state index in [4.69, 9.17) is 4.74 Å². The fourth-order valence-corrected chi connectivity index (χ4v) is 2.13. The average Bonchev–Trinajstić information content (AvgIpc) is 2.47. The first kappa shape index (κ1) is 13.7. The van der Waals surface area contributed by atoms with Gasteiger partial charge in [0.25, 0.3) is 0 Å². The van der Waals surface area contributed by atoms with Gasteiger partial charge in [0.15, 0.2) is 0 Å². The molecule has 0 radical (unpaired) electrons. The molecule has 3 heteroatoms. The van der Waals surface area contributed by atoms with Crippen molar-refractivity contribution in [2.45, 2.75) is 0 Å². The molecule has 2 aromatic carbocycles. The standard InChI is InChI=1S/C16H16BrNO/c1-12(13-6-4-3-5-7-13)11-18-16-10-14(19-2)8-9-15(16)17/h3-10,18H,1,11H2,2H3. The van der Waals surface area contributed by atoms with Crippen molar-refractivity contribution >= 4 is 27.2 Å². The monoisotopic (exact) mass is 317 g/mol. The molecule has 0 aliphatic rings. The van der Waals surface area contributed by atoms with E-state index >= 15 is 0 Å². The molecule has 0 amide bonds. The molecule has 0 aliphatic carbocycles. The zero-order valence-corrected chi connectivity index (χ0v) is 12.4. The van der Waals surface area contributed by atoms with Crippen molar-refractivity contribution in [3.05, 3.63) is 65.1 Å². The second-order valence-electron chi connectivity index (χ2n) is 4.17. The largest absolute Gasteiger partial charge is 0.497 e. The number of rotatable bonds is 5. The maximum Gasteiger partial charge on any atom is 0.121 e. The van der Waals surface area contributed by atoms with Gasteiger partial charge in [-0.2, -0.15) is 0 Å². The summed E-state index contributed by atoms with van der Waals surface area (Å²) in [5, 5.41) is 3.36. The fraction of sp³-hybridized carbons (Fsp3) is 0.125. The van der Waals surface area contributed by atoms with Crippen LogP contribution >= 0.6 is 15.9 Å². The average molecular weight is 318 g/mol. The van der Waals surface area contributed by atoms with E-state index in [1.54, 1.807) is 7.11 Å². The zero-order valence-electron chi connectivity index (χ0n) is 10.8. The first-order valence-electron chi connectivity index (χ1n) is 6.01. The van der Waals surface area contributed by atoms with E-state index in [1.165, 1.54) is 0 Å². The highest BCUT2D eigenvalue weighted by Gasteiger charge is 2.03. The second kappa shape index (κ2) is 6.43. The normalized spacial score (nSPS) is 10.0. The van der Waals surface area contributed by atoms with E-state index in [0.717, 1.165) is 27.0 Å². The second-order valence-corrected chi connectivity index (χ2v) is 5.02. The van der Waals surface area contributed by atoms with Gasteiger partial charge in [0, 0.05) is 17.1 Å². The number of hydrogen-bond acceptors (Lipinski definition) is 2. The predicted molar refractivity (Wildman–Crippen MR) is 84.7 cm³/mol. The molecular formula is C16H16BrNO. The molecule has 0 heterocycles. The van der Waals surface area contributed by atoms with Crippen LogP contribution in [-0.4, -0.2) is 13.7 Å². The van der Waals surface area contributed by atoms with E-state index in [0.29, 0.717) is 6.54 Å². The van der Waals surface area contributed by atoms with Crippen LogP contribution in [0.1, 0.15) is 5.56 Å². The maximum absolute atomic E-state index is 5.22. The van der Waals surface area contributed by atoms with Gasteiger partial charge >= 0.3 is 0 Å². The van der Waals surface area contributed by atoms with Crippen LogP contribution in [0, 0.1) is 0 Å². The van der Waals surface area contributed by atoms with Crippen LogP contribution in [0.5, 0.6) is 5.75 Å². The molecule has 1 N–H and O–H groups in total. The van der Waals surface area contributed by atoms with Crippen LogP contribution in [0.3, 0.4) is 0 Å². The Morgan fingerprint density at radius 2 is 1.95 bits per heavy atom. The summed E-state index contributed by atoms with van der Waals surface area (Å²) < 4.78 is 6.23. The lowest BCUT2D eigenvalue weighted by atomic mass is 10.1. The molecular weight excluding hydrogens is 302 g/mol. The number of methoxy groups -OCH3 is 1. The van der Waals surface area contributed by atoms with Crippen LogP contribution in [0.25, 0.3) is 5.57 Å². The number of nitrogens with one attached hydrogen (secondary N) is 1. The smallest absolute Gasteiger partial charge is 0.121 e. The molecule has 19 heavy (non-hydrogen) atoms. The van der Waals surface area contributed by atoms with Gasteiger partial charge < -0.3 is 10.1 Å². The third-order valence-electron chi connectivity index (χ3n) is 2.85. The molecule has 0 saturated heterocycles. The Balaban J connectivity index is 2.05. The molecule has 2 aromatic rings. The van der Waals surface area contributed by atoms with Crippen LogP contribution in [0.15, 0.2) is 59.6 Å². The van der Waals surface area contributed by atoms with Crippen LogP contribution in [0.4, 0.5) is 5.69 Å². The van der Waals surface area contributed by atoms with Gasteiger partial charge in [0.1, 0.15) is 5.75 Å². The first-order chi connectivity index (χ1) is 9.20. The number of ether oxygens (including phenoxy) is 1. The molecule has 2 rings (SSSR count). The van der Waals surface area contributed by atoms with E-state index in [1.807, 2.05) is 36.4 Å². The topological polar surface area (TPSA) is 21.3 Å². The lowest BCUT2D eigenvalue weighted by Crippen LogP contribution is -2.04. The molecule has 2 nitrogen and oxygen atoms in total. The molecule has 0 bridgehead atoms. The minimum Gasteiger partial charge on any atom is -0.497 e. The first-order valence-corrected chi connectivity index (χ1v) is 6.80. The number of hydrogen-bond donors (Lipinski definition) is 1. The van der Waals surface area contributed by atoms with E-state index < -0.39 is 0 Å². The summed E-state index contributed by atoms with van der Waals surface area (Å²) in [4.78, 5) is 0. The number of halogens is 1. The fourth-order valence-electron chi connectivity index (χ4n) is 1.74. The van der Waals surface area contributed by atoms with Gasteiger partial charge in [-0.3, -0.25) is 0 Å². The highest BCUT2D eigenvalue weighted by molar-refractivity contribution is 9.10. The third kappa shape index (κ3) is 3.61. The van der Waals surface area contributed by atoms with Gasteiger partial charge in [0.2, 0.25) is 0 Å². The molecule has 0 atom stereocenters. The Labute approximate surface area is 122 Å². The maximum atomic E-state index is 5.22. The summed E-state index contributed by atoms with van der Waals surface area (Å²) in [7, 11) is 1.66. The molecule has 0 unspecified atom stereocenters. The molecule has 0 aliphatic heterocycles. The minimum atomic E-state index is 0.690. The van der Waals surface area contributed by atoms with Crippen molar-refractivity contribution in [1.29, 1.82) is 0 Å². The van der Waals surface area contributed by atoms with Crippen molar-refractivity contribution in [2.75, 3.05) is 19.0 Å².